The topological polar surface area (TPSA) is 63.8 Å². The van der Waals surface area contributed by atoms with Gasteiger partial charge in [-0.15, -0.1) is 0 Å². The van der Waals surface area contributed by atoms with Crippen LogP contribution in [0.25, 0.3) is 0 Å². The van der Waals surface area contributed by atoms with Crippen molar-refractivity contribution in [2.45, 2.75) is 18.4 Å². The summed E-state index contributed by atoms with van der Waals surface area (Å²) < 4.78 is 74.9. The first kappa shape index (κ1) is 14.6. The quantitative estimate of drug-likeness (QED) is 0.500. The van der Waals surface area contributed by atoms with Gasteiger partial charge in [0.05, 0.1) is 6.04 Å². The third-order valence-electron chi connectivity index (χ3n) is 2.16. The molecule has 1 heterocycles. The Kier molecular flexibility index (Phi) is 4.12. The van der Waals surface area contributed by atoms with E-state index in [0.29, 0.717) is 0 Å². The number of halogens is 6. The molecule has 0 radical (unpaired) electrons. The molecule has 1 aromatic heterocycles. The van der Waals surface area contributed by atoms with Crippen LogP contribution in [0.15, 0.2) is 18.7 Å². The van der Waals surface area contributed by atoms with Gasteiger partial charge in [-0.25, -0.2) is 9.97 Å². The van der Waals surface area contributed by atoms with Crippen molar-refractivity contribution in [2.24, 2.45) is 11.8 Å². The Hall–Kier alpha value is -1.42. The summed E-state index contributed by atoms with van der Waals surface area (Å²) in [7, 11) is 0. The minimum atomic E-state index is -5.49. The van der Waals surface area contributed by atoms with E-state index < -0.39 is 29.9 Å². The molecule has 1 unspecified atom stereocenters. The largest absolute Gasteiger partial charge is 0.402 e. The monoisotopic (exact) mass is 274 g/mol. The summed E-state index contributed by atoms with van der Waals surface area (Å²) in [4.78, 5) is 6.72. The molecule has 10 heteroatoms. The zero-order valence-corrected chi connectivity index (χ0v) is 8.63. The maximum Gasteiger partial charge on any atom is 0.402 e. The summed E-state index contributed by atoms with van der Waals surface area (Å²) in [5.74, 6) is 1.16. The second-order valence-electron chi connectivity index (χ2n) is 3.38. The number of nitrogens with two attached hydrogens (primary N) is 1. The predicted molar refractivity (Wildman–Crippen MR) is 47.7 cm³/mol. The van der Waals surface area contributed by atoms with Crippen LogP contribution in [0.2, 0.25) is 0 Å². The number of aromatic nitrogens is 2. The highest BCUT2D eigenvalue weighted by Crippen LogP contribution is 2.45. The number of rotatable bonds is 3. The molecule has 0 aromatic carbocycles. The molecule has 1 aromatic rings. The van der Waals surface area contributed by atoms with Gasteiger partial charge in [-0.05, 0) is 0 Å². The van der Waals surface area contributed by atoms with Gasteiger partial charge in [-0.2, -0.15) is 26.3 Å². The molecule has 3 N–H and O–H groups in total. The highest BCUT2D eigenvalue weighted by molar-refractivity contribution is 5.12. The van der Waals surface area contributed by atoms with Gasteiger partial charge in [0.15, 0.2) is 5.92 Å². The summed E-state index contributed by atoms with van der Waals surface area (Å²) in [6, 6.07) is -2.20. The number of hydrazine groups is 1. The van der Waals surface area contributed by atoms with Crippen molar-refractivity contribution in [3.05, 3.63) is 24.3 Å². The van der Waals surface area contributed by atoms with E-state index in [2.05, 4.69) is 9.97 Å². The van der Waals surface area contributed by atoms with Crippen molar-refractivity contribution in [2.75, 3.05) is 0 Å². The Bertz CT molecular complexity index is 361. The normalized spacial score (nSPS) is 14.9. The number of hydrogen-bond acceptors (Lipinski definition) is 4. The molecule has 0 fully saturated rings. The van der Waals surface area contributed by atoms with Crippen molar-refractivity contribution in [3.63, 3.8) is 0 Å². The smallest absolute Gasteiger partial charge is 0.271 e. The summed E-state index contributed by atoms with van der Waals surface area (Å²) >= 11 is 0. The lowest BCUT2D eigenvalue weighted by atomic mass is 9.94. The summed E-state index contributed by atoms with van der Waals surface area (Å²) in [5.41, 5.74) is 1.11. The molecule has 0 aliphatic heterocycles. The minimum Gasteiger partial charge on any atom is -0.271 e. The van der Waals surface area contributed by atoms with Gasteiger partial charge in [-0.3, -0.25) is 11.3 Å². The van der Waals surface area contributed by atoms with Crippen LogP contribution < -0.4 is 11.3 Å². The molecule has 0 bridgehead atoms. The molecule has 0 amide bonds. The first-order valence-electron chi connectivity index (χ1n) is 4.52. The fourth-order valence-corrected chi connectivity index (χ4v) is 1.42. The molecule has 102 valence electrons. The molecule has 1 atom stereocenters. The summed E-state index contributed by atoms with van der Waals surface area (Å²) in [6.07, 6.45) is -8.34. The van der Waals surface area contributed by atoms with Gasteiger partial charge in [0, 0.05) is 18.0 Å². The highest BCUT2D eigenvalue weighted by Gasteiger charge is 2.60. The zero-order chi connectivity index (χ0) is 14.0. The molecule has 1 rings (SSSR count). The lowest BCUT2D eigenvalue weighted by Crippen LogP contribution is -2.47. The predicted octanol–water partition coefficient (Wildman–Crippen LogP) is 1.72. The first-order chi connectivity index (χ1) is 8.18. The van der Waals surface area contributed by atoms with Gasteiger partial charge in [0.2, 0.25) is 0 Å². The van der Waals surface area contributed by atoms with E-state index in [1.54, 1.807) is 0 Å². The molecule has 4 nitrogen and oxygen atoms in total. The van der Waals surface area contributed by atoms with Gasteiger partial charge in [0.1, 0.15) is 6.33 Å². The number of alkyl halides is 6. The highest BCUT2D eigenvalue weighted by atomic mass is 19.4. The van der Waals surface area contributed by atoms with Crippen LogP contribution in [0.5, 0.6) is 0 Å². The number of hydrogen-bond donors (Lipinski definition) is 2. The van der Waals surface area contributed by atoms with E-state index in [0.717, 1.165) is 18.7 Å². The molecule has 18 heavy (non-hydrogen) atoms. The SMILES string of the molecule is NNC(c1cncnc1)C(C(F)(F)F)C(F)(F)F. The fraction of sp³-hybridized carbons (Fsp3) is 0.500. The van der Waals surface area contributed by atoms with Gasteiger partial charge in [-0.1, -0.05) is 0 Å². The van der Waals surface area contributed by atoms with Crippen molar-refractivity contribution >= 4 is 0 Å². The van der Waals surface area contributed by atoms with Gasteiger partial charge >= 0.3 is 12.4 Å². The molecular weight excluding hydrogens is 266 g/mol. The van der Waals surface area contributed by atoms with Crippen LogP contribution >= 0.6 is 0 Å². The van der Waals surface area contributed by atoms with Crippen LogP contribution in [0, 0.1) is 5.92 Å². The molecular formula is C8H8F6N4. The average Bonchev–Trinajstić information content (AvgIpc) is 2.23. The van der Waals surface area contributed by atoms with Crippen molar-refractivity contribution in [1.29, 1.82) is 0 Å². The van der Waals surface area contributed by atoms with Crippen LogP contribution in [0.3, 0.4) is 0 Å². The van der Waals surface area contributed by atoms with Crippen LogP contribution in [0.1, 0.15) is 11.6 Å². The minimum absolute atomic E-state index is 0.403. The van der Waals surface area contributed by atoms with Gasteiger partial charge < -0.3 is 0 Å². The third-order valence-corrected chi connectivity index (χ3v) is 2.16. The van der Waals surface area contributed by atoms with Crippen molar-refractivity contribution in [1.82, 2.24) is 15.4 Å². The van der Waals surface area contributed by atoms with E-state index >= 15 is 0 Å². The van der Waals surface area contributed by atoms with Crippen LogP contribution in [0.4, 0.5) is 26.3 Å². The Morgan fingerprint density at radius 3 is 1.78 bits per heavy atom. The fourth-order valence-electron chi connectivity index (χ4n) is 1.42. The first-order valence-corrected chi connectivity index (χ1v) is 4.52. The maximum absolute atomic E-state index is 12.5. The average molecular weight is 274 g/mol. The Balaban J connectivity index is 3.19. The van der Waals surface area contributed by atoms with Crippen molar-refractivity contribution in [3.8, 4) is 0 Å². The standard InChI is InChI=1S/C8H8F6N4/c9-7(10,11)6(8(12,13)14)5(18-15)4-1-16-3-17-2-4/h1-3,5-6,18H,15H2. The Morgan fingerprint density at radius 2 is 1.44 bits per heavy atom. The van der Waals surface area contributed by atoms with Crippen LogP contribution in [-0.4, -0.2) is 22.3 Å². The Labute approximate surface area is 97.2 Å². The molecule has 0 spiro atoms. The van der Waals surface area contributed by atoms with E-state index in [4.69, 9.17) is 5.84 Å². The molecule has 0 saturated carbocycles. The van der Waals surface area contributed by atoms with E-state index in [9.17, 15) is 26.3 Å². The molecule has 0 saturated heterocycles. The molecule has 0 aliphatic rings. The second kappa shape index (κ2) is 5.06. The summed E-state index contributed by atoms with van der Waals surface area (Å²) in [5, 5.41) is 0. The van der Waals surface area contributed by atoms with Crippen molar-refractivity contribution < 1.29 is 26.3 Å². The van der Waals surface area contributed by atoms with E-state index in [1.807, 2.05) is 0 Å². The van der Waals surface area contributed by atoms with Crippen LogP contribution in [-0.2, 0) is 0 Å². The number of nitrogens with zero attached hydrogens (tertiary/aromatic N) is 2. The lowest BCUT2D eigenvalue weighted by Gasteiger charge is -2.29. The van der Waals surface area contributed by atoms with E-state index in [-0.39, 0.29) is 0 Å². The van der Waals surface area contributed by atoms with E-state index in [1.165, 1.54) is 5.43 Å². The molecule has 0 aliphatic carbocycles. The second-order valence-corrected chi connectivity index (χ2v) is 3.38. The van der Waals surface area contributed by atoms with Gasteiger partial charge in [0.25, 0.3) is 0 Å². The maximum atomic E-state index is 12.5. The lowest BCUT2D eigenvalue weighted by molar-refractivity contribution is -0.293. The Morgan fingerprint density at radius 1 is 1.00 bits per heavy atom. The summed E-state index contributed by atoms with van der Waals surface area (Å²) in [6.45, 7) is 0. The zero-order valence-electron chi connectivity index (χ0n) is 8.63. The number of nitrogens with one attached hydrogen (secondary N) is 1. The third kappa shape index (κ3) is 3.29.